The maximum Gasteiger partial charge on any atom is 0.271 e. The number of hydrogen-bond donors (Lipinski definition) is 0. The van der Waals surface area contributed by atoms with Crippen molar-refractivity contribution in [3.63, 3.8) is 0 Å². The number of benzene rings is 2. The minimum atomic E-state index is -0.270. The van der Waals surface area contributed by atoms with Crippen molar-refractivity contribution in [2.24, 2.45) is 0 Å². The van der Waals surface area contributed by atoms with Gasteiger partial charge in [-0.3, -0.25) is 14.2 Å². The number of thiophene rings is 1. The Morgan fingerprint density at radius 3 is 2.59 bits per heavy atom. The smallest absolute Gasteiger partial charge is 0.271 e. The molecule has 4 rings (SSSR count). The number of carbonyl (C=O) groups excluding carboxylic acids is 1. The molecule has 0 fully saturated rings. The molecule has 0 aliphatic rings. The van der Waals surface area contributed by atoms with Crippen molar-refractivity contribution >= 4 is 33.1 Å². The van der Waals surface area contributed by atoms with Crippen molar-refractivity contribution in [2.75, 3.05) is 18.6 Å². The van der Waals surface area contributed by atoms with Crippen molar-refractivity contribution in [2.45, 2.75) is 26.8 Å². The van der Waals surface area contributed by atoms with Gasteiger partial charge in [0.25, 0.3) is 5.56 Å². The summed E-state index contributed by atoms with van der Waals surface area (Å²) in [5.41, 5.74) is 4.18. The number of nitrogens with zero attached hydrogens (tertiary/aromatic N) is 4. The Labute approximate surface area is 201 Å². The number of fused-ring (bicyclic) bond motifs is 1. The van der Waals surface area contributed by atoms with E-state index in [1.165, 1.54) is 22.2 Å². The van der Waals surface area contributed by atoms with Gasteiger partial charge in [0.1, 0.15) is 17.0 Å². The monoisotopic (exact) mass is 472 g/mol. The molecule has 0 saturated heterocycles. The third-order valence-corrected chi connectivity index (χ3v) is 6.90. The lowest BCUT2D eigenvalue weighted by atomic mass is 10.1. The summed E-state index contributed by atoms with van der Waals surface area (Å²) in [6, 6.07) is 17.3. The van der Waals surface area contributed by atoms with Crippen LogP contribution in [-0.4, -0.2) is 29.1 Å². The van der Waals surface area contributed by atoms with Crippen LogP contribution < -0.4 is 15.2 Å². The van der Waals surface area contributed by atoms with Crippen LogP contribution in [0.25, 0.3) is 20.7 Å². The van der Waals surface area contributed by atoms with Crippen LogP contribution in [0.4, 0.5) is 5.69 Å². The van der Waals surface area contributed by atoms with Crippen molar-refractivity contribution in [1.29, 1.82) is 5.26 Å². The average molecular weight is 473 g/mol. The first kappa shape index (κ1) is 23.2. The highest BCUT2D eigenvalue weighted by Gasteiger charge is 2.19. The van der Waals surface area contributed by atoms with E-state index in [0.717, 1.165) is 27.3 Å². The molecule has 0 bridgehead atoms. The first-order valence-electron chi connectivity index (χ1n) is 10.8. The molecule has 0 spiro atoms. The Morgan fingerprint density at radius 1 is 1.15 bits per heavy atom. The number of nitriles is 1. The molecule has 172 valence electrons. The standard InChI is InChI=1S/C26H24N4O3S/c1-17-5-8-20(13-18(17)2)30(12-4-11-27)24(31)15-29-16-28-22-14-23(34-25(22)26(29)32)19-6-9-21(33-3)10-7-19/h5-10,13-14,16H,4,12,15H2,1-3H3. The Hall–Kier alpha value is -3.96. The molecule has 0 unspecified atom stereocenters. The molecule has 0 saturated carbocycles. The van der Waals surface area contributed by atoms with Crippen molar-refractivity contribution < 1.29 is 9.53 Å². The number of aromatic nitrogens is 2. The molecule has 0 atom stereocenters. The van der Waals surface area contributed by atoms with Crippen molar-refractivity contribution in [3.8, 4) is 22.3 Å². The third kappa shape index (κ3) is 4.70. The molecule has 4 aromatic rings. The number of aryl methyl sites for hydroxylation is 2. The first-order valence-corrected chi connectivity index (χ1v) is 11.6. The van der Waals surface area contributed by atoms with E-state index in [1.807, 2.05) is 62.4 Å². The molecule has 2 heterocycles. The van der Waals surface area contributed by atoms with E-state index >= 15 is 0 Å². The summed E-state index contributed by atoms with van der Waals surface area (Å²) < 4.78 is 7.04. The summed E-state index contributed by atoms with van der Waals surface area (Å²) in [6.45, 7) is 4.08. The SMILES string of the molecule is COc1ccc(-c2cc3ncn(CC(=O)N(CCC#N)c4ccc(C)c(C)c4)c(=O)c3s2)cc1. The highest BCUT2D eigenvalue weighted by molar-refractivity contribution is 7.22. The Kier molecular flexibility index (Phi) is 6.75. The minimum Gasteiger partial charge on any atom is -0.497 e. The second kappa shape index (κ2) is 9.89. The molecule has 1 amide bonds. The van der Waals surface area contributed by atoms with Gasteiger partial charge in [0.2, 0.25) is 5.91 Å². The maximum absolute atomic E-state index is 13.2. The van der Waals surface area contributed by atoms with Crippen LogP contribution in [0.15, 0.2) is 59.7 Å². The predicted molar refractivity (Wildman–Crippen MR) is 134 cm³/mol. The van der Waals surface area contributed by atoms with Gasteiger partial charge >= 0.3 is 0 Å². The average Bonchev–Trinajstić information content (AvgIpc) is 3.28. The summed E-state index contributed by atoms with van der Waals surface area (Å²) in [6.07, 6.45) is 1.61. The van der Waals surface area contributed by atoms with Gasteiger partial charge in [0, 0.05) is 17.1 Å². The summed E-state index contributed by atoms with van der Waals surface area (Å²) in [7, 11) is 1.61. The fourth-order valence-electron chi connectivity index (χ4n) is 3.64. The molecule has 0 aliphatic heterocycles. The first-order chi connectivity index (χ1) is 16.4. The van der Waals surface area contributed by atoms with E-state index in [2.05, 4.69) is 11.1 Å². The lowest BCUT2D eigenvalue weighted by Gasteiger charge is -2.23. The van der Waals surface area contributed by atoms with E-state index in [-0.39, 0.29) is 31.0 Å². The van der Waals surface area contributed by atoms with Gasteiger partial charge in [0.05, 0.1) is 31.4 Å². The molecule has 2 aromatic heterocycles. The topological polar surface area (TPSA) is 88.2 Å². The third-order valence-electron chi connectivity index (χ3n) is 5.73. The van der Waals surface area contributed by atoms with Crippen molar-refractivity contribution in [1.82, 2.24) is 9.55 Å². The van der Waals surface area contributed by atoms with Crippen LogP contribution in [0.5, 0.6) is 5.75 Å². The molecule has 0 radical (unpaired) electrons. The van der Waals surface area contributed by atoms with Gasteiger partial charge in [-0.25, -0.2) is 4.98 Å². The van der Waals surface area contributed by atoms with Crippen LogP contribution in [0.1, 0.15) is 17.5 Å². The number of ether oxygens (including phenoxy) is 1. The van der Waals surface area contributed by atoms with E-state index in [0.29, 0.717) is 15.9 Å². The molecule has 8 heteroatoms. The molecule has 34 heavy (non-hydrogen) atoms. The quantitative estimate of drug-likeness (QED) is 0.389. The number of methoxy groups -OCH3 is 1. The normalized spacial score (nSPS) is 10.8. The van der Waals surface area contributed by atoms with Gasteiger partial charge in [-0.2, -0.15) is 5.26 Å². The number of rotatable bonds is 7. The number of amides is 1. The van der Waals surface area contributed by atoms with E-state index in [4.69, 9.17) is 10.00 Å². The van der Waals surface area contributed by atoms with Gasteiger partial charge < -0.3 is 9.64 Å². The van der Waals surface area contributed by atoms with Crippen LogP contribution in [0, 0.1) is 25.2 Å². The summed E-state index contributed by atoms with van der Waals surface area (Å²) >= 11 is 1.35. The molecule has 0 N–H and O–H groups in total. The molecular weight excluding hydrogens is 448 g/mol. The van der Waals surface area contributed by atoms with Gasteiger partial charge in [0.15, 0.2) is 0 Å². The van der Waals surface area contributed by atoms with E-state index in [1.54, 1.807) is 12.0 Å². The Bertz CT molecular complexity index is 1450. The Balaban J connectivity index is 1.63. The predicted octanol–water partition coefficient (Wildman–Crippen LogP) is 4.70. The van der Waals surface area contributed by atoms with Crippen LogP contribution in [0.3, 0.4) is 0 Å². The van der Waals surface area contributed by atoms with E-state index < -0.39 is 0 Å². The molecule has 2 aromatic carbocycles. The zero-order valence-electron chi connectivity index (χ0n) is 19.2. The van der Waals surface area contributed by atoms with Crippen molar-refractivity contribution in [3.05, 3.63) is 76.3 Å². The summed E-state index contributed by atoms with van der Waals surface area (Å²) in [4.78, 5) is 33.3. The van der Waals surface area contributed by atoms with Gasteiger partial charge in [-0.15, -0.1) is 11.3 Å². The zero-order valence-corrected chi connectivity index (χ0v) is 20.1. The van der Waals surface area contributed by atoms with E-state index in [9.17, 15) is 9.59 Å². The van der Waals surface area contributed by atoms with Crippen LogP contribution >= 0.6 is 11.3 Å². The second-order valence-electron chi connectivity index (χ2n) is 7.95. The number of anilines is 1. The fraction of sp³-hybridized carbons (Fsp3) is 0.231. The second-order valence-corrected chi connectivity index (χ2v) is 9.01. The highest BCUT2D eigenvalue weighted by Crippen LogP contribution is 2.31. The van der Waals surface area contributed by atoms with Gasteiger partial charge in [-0.05, 0) is 73.0 Å². The van der Waals surface area contributed by atoms with Crippen LogP contribution in [-0.2, 0) is 11.3 Å². The molecule has 0 aliphatic carbocycles. The maximum atomic E-state index is 13.2. The fourth-order valence-corrected chi connectivity index (χ4v) is 4.70. The summed E-state index contributed by atoms with van der Waals surface area (Å²) in [5.74, 6) is 0.488. The van der Waals surface area contributed by atoms with Crippen LogP contribution in [0.2, 0.25) is 0 Å². The Morgan fingerprint density at radius 2 is 1.91 bits per heavy atom. The highest BCUT2D eigenvalue weighted by atomic mass is 32.1. The molecule has 7 nitrogen and oxygen atoms in total. The summed E-state index contributed by atoms with van der Waals surface area (Å²) in [5, 5.41) is 9.06. The lowest BCUT2D eigenvalue weighted by Crippen LogP contribution is -2.37. The van der Waals surface area contributed by atoms with Gasteiger partial charge in [-0.1, -0.05) is 6.07 Å². The zero-order chi connectivity index (χ0) is 24.2. The molecular formula is C26H24N4O3S. The minimum absolute atomic E-state index is 0.157. The number of hydrogen-bond acceptors (Lipinski definition) is 6. The number of carbonyl (C=O) groups is 1. The largest absolute Gasteiger partial charge is 0.497 e. The lowest BCUT2D eigenvalue weighted by molar-refractivity contribution is -0.119.